The average molecular weight is 295 g/mol. The lowest BCUT2D eigenvalue weighted by Gasteiger charge is -2.03. The summed E-state index contributed by atoms with van der Waals surface area (Å²) in [5.74, 6) is -0.330. The standard InChI is InChI=1S/C12H13N3O4S/c1-7-11(8(2)16)12(17)15(14-7)9-3-5-10(6-4-9)20(13,18)19/h3-6,14H,1-2H3,(H2,13,18,19). The number of Topliss-reactive ketones (excluding diaryl/α,β-unsaturated/α-hetero) is 1. The Hall–Kier alpha value is -2.19. The number of aryl methyl sites for hydroxylation is 1. The Bertz CT molecular complexity index is 829. The molecule has 0 saturated carbocycles. The highest BCUT2D eigenvalue weighted by Crippen LogP contribution is 2.12. The third kappa shape index (κ3) is 2.43. The molecule has 1 aromatic heterocycles. The van der Waals surface area contributed by atoms with E-state index in [2.05, 4.69) is 5.10 Å². The van der Waals surface area contributed by atoms with Crippen LogP contribution < -0.4 is 10.7 Å². The molecule has 2 rings (SSSR count). The highest BCUT2D eigenvalue weighted by Gasteiger charge is 2.16. The Morgan fingerprint density at radius 3 is 2.20 bits per heavy atom. The first-order chi connectivity index (χ1) is 9.21. The van der Waals surface area contributed by atoms with E-state index >= 15 is 0 Å². The van der Waals surface area contributed by atoms with Gasteiger partial charge in [-0.25, -0.2) is 18.2 Å². The molecular weight excluding hydrogens is 282 g/mol. The van der Waals surface area contributed by atoms with Crippen molar-refractivity contribution >= 4 is 15.8 Å². The predicted molar refractivity (Wildman–Crippen MR) is 72.5 cm³/mol. The van der Waals surface area contributed by atoms with Crippen LogP contribution >= 0.6 is 0 Å². The Kier molecular flexibility index (Phi) is 3.36. The number of ketones is 1. The number of benzene rings is 1. The van der Waals surface area contributed by atoms with Crippen molar-refractivity contribution in [3.05, 3.63) is 45.9 Å². The van der Waals surface area contributed by atoms with Crippen molar-refractivity contribution in [3.8, 4) is 5.69 Å². The van der Waals surface area contributed by atoms with Gasteiger partial charge >= 0.3 is 0 Å². The number of hydrogen-bond acceptors (Lipinski definition) is 4. The first kappa shape index (κ1) is 14.2. The second kappa shape index (κ2) is 4.73. The maximum absolute atomic E-state index is 12.1. The minimum absolute atomic E-state index is 0.0515. The molecule has 0 unspecified atom stereocenters. The zero-order valence-electron chi connectivity index (χ0n) is 10.9. The molecule has 0 aliphatic rings. The Labute approximate surface area is 115 Å². The van der Waals surface area contributed by atoms with Gasteiger partial charge in [0.15, 0.2) is 5.78 Å². The highest BCUT2D eigenvalue weighted by molar-refractivity contribution is 7.89. The van der Waals surface area contributed by atoms with Gasteiger partial charge in [0.2, 0.25) is 10.0 Å². The maximum Gasteiger partial charge on any atom is 0.282 e. The molecular formula is C12H13N3O4S. The van der Waals surface area contributed by atoms with Crippen LogP contribution in [0.5, 0.6) is 0 Å². The van der Waals surface area contributed by atoms with Crippen molar-refractivity contribution in [1.82, 2.24) is 9.78 Å². The van der Waals surface area contributed by atoms with Crippen LogP contribution in [0, 0.1) is 6.92 Å². The molecule has 0 amide bonds. The number of hydrogen-bond donors (Lipinski definition) is 2. The number of rotatable bonds is 3. The van der Waals surface area contributed by atoms with Crippen LogP contribution in [0.4, 0.5) is 0 Å². The fourth-order valence-corrected chi connectivity index (χ4v) is 2.44. The number of sulfonamides is 1. The number of aromatic amines is 1. The number of nitrogens with zero attached hydrogens (tertiary/aromatic N) is 1. The number of aromatic nitrogens is 2. The normalized spacial score (nSPS) is 11.6. The number of nitrogens with one attached hydrogen (secondary N) is 1. The second-order valence-electron chi connectivity index (χ2n) is 4.35. The van der Waals surface area contributed by atoms with Crippen molar-refractivity contribution < 1.29 is 13.2 Å². The molecule has 0 aliphatic heterocycles. The molecule has 2 aromatic rings. The van der Waals surface area contributed by atoms with Gasteiger partial charge < -0.3 is 0 Å². The van der Waals surface area contributed by atoms with Crippen LogP contribution in [-0.4, -0.2) is 24.0 Å². The zero-order chi connectivity index (χ0) is 15.1. The van der Waals surface area contributed by atoms with Gasteiger partial charge in [-0.1, -0.05) is 0 Å². The summed E-state index contributed by atoms with van der Waals surface area (Å²) in [7, 11) is -3.78. The fourth-order valence-electron chi connectivity index (χ4n) is 1.93. The van der Waals surface area contributed by atoms with E-state index in [1.165, 1.54) is 35.9 Å². The van der Waals surface area contributed by atoms with Gasteiger partial charge in [0.25, 0.3) is 5.56 Å². The molecule has 0 saturated heterocycles. The van der Waals surface area contributed by atoms with Gasteiger partial charge in [-0.3, -0.25) is 14.7 Å². The van der Waals surface area contributed by atoms with Crippen molar-refractivity contribution in [2.75, 3.05) is 0 Å². The van der Waals surface area contributed by atoms with E-state index in [-0.39, 0.29) is 16.2 Å². The summed E-state index contributed by atoms with van der Waals surface area (Å²) >= 11 is 0. The molecule has 1 heterocycles. The monoisotopic (exact) mass is 295 g/mol. The van der Waals surface area contributed by atoms with E-state index < -0.39 is 15.6 Å². The summed E-state index contributed by atoms with van der Waals surface area (Å²) < 4.78 is 23.5. The summed E-state index contributed by atoms with van der Waals surface area (Å²) in [6.07, 6.45) is 0. The van der Waals surface area contributed by atoms with Crippen LogP contribution in [0.1, 0.15) is 23.0 Å². The second-order valence-corrected chi connectivity index (χ2v) is 5.91. The van der Waals surface area contributed by atoms with E-state index in [1.54, 1.807) is 6.92 Å². The van der Waals surface area contributed by atoms with Gasteiger partial charge in [0.1, 0.15) is 5.56 Å². The van der Waals surface area contributed by atoms with Crippen molar-refractivity contribution in [2.24, 2.45) is 5.14 Å². The molecule has 20 heavy (non-hydrogen) atoms. The number of primary sulfonamides is 1. The van der Waals surface area contributed by atoms with Crippen LogP contribution in [0.2, 0.25) is 0 Å². The lowest BCUT2D eigenvalue weighted by Crippen LogP contribution is -2.19. The van der Waals surface area contributed by atoms with Crippen LogP contribution in [-0.2, 0) is 10.0 Å². The molecule has 0 radical (unpaired) electrons. The van der Waals surface area contributed by atoms with Gasteiger partial charge in [0, 0.05) is 5.69 Å². The first-order valence-corrected chi connectivity index (χ1v) is 7.22. The number of carbonyl (C=O) groups excluding carboxylic acids is 1. The molecule has 7 nitrogen and oxygen atoms in total. The van der Waals surface area contributed by atoms with Crippen molar-refractivity contribution in [1.29, 1.82) is 0 Å². The van der Waals surface area contributed by atoms with Crippen LogP contribution in [0.25, 0.3) is 5.69 Å². The number of H-pyrrole nitrogens is 1. The van der Waals surface area contributed by atoms with E-state index in [0.29, 0.717) is 11.4 Å². The molecule has 0 bridgehead atoms. The summed E-state index contributed by atoms with van der Waals surface area (Å²) in [6.45, 7) is 2.93. The van der Waals surface area contributed by atoms with Crippen molar-refractivity contribution in [3.63, 3.8) is 0 Å². The Morgan fingerprint density at radius 2 is 1.80 bits per heavy atom. The average Bonchev–Trinajstić information content (AvgIpc) is 2.64. The molecule has 8 heteroatoms. The highest BCUT2D eigenvalue weighted by atomic mass is 32.2. The third-order valence-corrected chi connectivity index (χ3v) is 3.78. The van der Waals surface area contributed by atoms with Crippen LogP contribution in [0.3, 0.4) is 0 Å². The Morgan fingerprint density at radius 1 is 1.25 bits per heavy atom. The van der Waals surface area contributed by atoms with E-state index in [1.807, 2.05) is 0 Å². The predicted octanol–water partition coefficient (Wildman–Crippen LogP) is 0.324. The number of carbonyl (C=O) groups is 1. The molecule has 0 aliphatic carbocycles. The SMILES string of the molecule is CC(=O)c1c(C)[nH]n(-c2ccc(S(N)(=O)=O)cc2)c1=O. The fraction of sp³-hybridized carbons (Fsp3) is 0.167. The minimum Gasteiger partial charge on any atom is -0.295 e. The Balaban J connectivity index is 2.56. The maximum atomic E-state index is 12.1. The zero-order valence-corrected chi connectivity index (χ0v) is 11.7. The van der Waals surface area contributed by atoms with Gasteiger partial charge in [-0.2, -0.15) is 0 Å². The minimum atomic E-state index is -3.78. The van der Waals surface area contributed by atoms with Gasteiger partial charge in [-0.05, 0) is 38.1 Å². The molecule has 0 atom stereocenters. The molecule has 1 aromatic carbocycles. The quantitative estimate of drug-likeness (QED) is 0.793. The number of nitrogens with two attached hydrogens (primary N) is 1. The van der Waals surface area contributed by atoms with Crippen LogP contribution in [0.15, 0.2) is 34.0 Å². The molecule has 0 spiro atoms. The first-order valence-electron chi connectivity index (χ1n) is 5.67. The van der Waals surface area contributed by atoms with Gasteiger partial charge in [0.05, 0.1) is 10.6 Å². The lowest BCUT2D eigenvalue weighted by atomic mass is 10.2. The molecule has 0 fully saturated rings. The van der Waals surface area contributed by atoms with E-state index in [4.69, 9.17) is 5.14 Å². The topological polar surface area (TPSA) is 115 Å². The molecule has 3 N–H and O–H groups in total. The smallest absolute Gasteiger partial charge is 0.282 e. The largest absolute Gasteiger partial charge is 0.295 e. The summed E-state index contributed by atoms with van der Waals surface area (Å²) in [5.41, 5.74) is 0.481. The van der Waals surface area contributed by atoms with E-state index in [9.17, 15) is 18.0 Å². The summed E-state index contributed by atoms with van der Waals surface area (Å²) in [6, 6.07) is 5.45. The summed E-state index contributed by atoms with van der Waals surface area (Å²) in [4.78, 5) is 23.4. The molecule has 106 valence electrons. The summed E-state index contributed by atoms with van der Waals surface area (Å²) in [5, 5.41) is 7.77. The lowest BCUT2D eigenvalue weighted by molar-refractivity contribution is 0.101. The van der Waals surface area contributed by atoms with E-state index in [0.717, 1.165) is 0 Å². The van der Waals surface area contributed by atoms with Crippen molar-refractivity contribution in [2.45, 2.75) is 18.7 Å². The third-order valence-electron chi connectivity index (χ3n) is 2.85. The van der Waals surface area contributed by atoms with Gasteiger partial charge in [-0.15, -0.1) is 0 Å².